The average Bonchev–Trinajstić information content (AvgIpc) is 2.27. The molecule has 0 fully saturated rings. The van der Waals surface area contributed by atoms with Crippen molar-refractivity contribution in [3.63, 3.8) is 0 Å². The Bertz CT molecular complexity index is 410. The summed E-state index contributed by atoms with van der Waals surface area (Å²) in [5.74, 6) is 0.204. The third-order valence-electron chi connectivity index (χ3n) is 2.36. The molecule has 1 atom stereocenters. The topological polar surface area (TPSA) is 68.0 Å². The van der Waals surface area contributed by atoms with E-state index in [2.05, 4.69) is 26.2 Å². The quantitative estimate of drug-likeness (QED) is 0.784. The smallest absolute Gasteiger partial charge is 0.238 e. The summed E-state index contributed by atoms with van der Waals surface area (Å²) in [6, 6.07) is 4.03. The molecule has 0 radical (unpaired) electrons. The first-order chi connectivity index (χ1) is 8.33. The van der Waals surface area contributed by atoms with Gasteiger partial charge in [-0.1, -0.05) is 0 Å². The maximum atomic E-state index is 11.6. The molecular weight excluding hydrogens is 314 g/mol. The molecule has 18 heavy (non-hydrogen) atoms. The number of aromatic nitrogens is 1. The van der Waals surface area contributed by atoms with E-state index >= 15 is 0 Å². The molecule has 0 aliphatic heterocycles. The summed E-state index contributed by atoms with van der Waals surface area (Å²) in [5, 5.41) is 4.08. The molecule has 6 heteroatoms. The van der Waals surface area contributed by atoms with Gasteiger partial charge in [0.25, 0.3) is 0 Å². The predicted octanol–water partition coefficient (Wildman–Crippen LogP) is 2.18. The Morgan fingerprint density at radius 1 is 1.61 bits per heavy atom. The Hall–Kier alpha value is -0.590. The molecule has 4 nitrogen and oxygen atoms in total. The first-order valence-electron chi connectivity index (χ1n) is 5.65. The van der Waals surface area contributed by atoms with Gasteiger partial charge in [0, 0.05) is 22.5 Å². The molecule has 0 bridgehead atoms. The van der Waals surface area contributed by atoms with Crippen LogP contribution in [-0.4, -0.2) is 28.2 Å². The van der Waals surface area contributed by atoms with Gasteiger partial charge in [0.15, 0.2) is 0 Å². The highest BCUT2D eigenvalue weighted by molar-refractivity contribution is 9.10. The summed E-state index contributed by atoms with van der Waals surface area (Å²) < 4.78 is 0.935. The number of nitrogens with one attached hydrogen (secondary N) is 1. The van der Waals surface area contributed by atoms with Crippen LogP contribution in [0.25, 0.3) is 0 Å². The number of carbonyl (C=O) groups is 1. The van der Waals surface area contributed by atoms with Gasteiger partial charge in [-0.05, 0) is 48.8 Å². The second-order valence-electron chi connectivity index (χ2n) is 4.60. The Labute approximate surface area is 120 Å². The van der Waals surface area contributed by atoms with Crippen molar-refractivity contribution in [2.24, 2.45) is 5.73 Å². The summed E-state index contributed by atoms with van der Waals surface area (Å²) in [5.41, 5.74) is 4.74. The first-order valence-corrected chi connectivity index (χ1v) is 7.43. The number of hydrogen-bond acceptors (Lipinski definition) is 4. The van der Waals surface area contributed by atoms with Crippen LogP contribution in [0.1, 0.15) is 20.8 Å². The third kappa shape index (κ3) is 4.59. The van der Waals surface area contributed by atoms with Gasteiger partial charge in [0.1, 0.15) is 5.54 Å². The summed E-state index contributed by atoms with van der Waals surface area (Å²) >= 11 is 4.84. The van der Waals surface area contributed by atoms with Crippen LogP contribution in [0.15, 0.2) is 27.8 Å². The number of nitrogens with two attached hydrogens (primary N) is 1. The van der Waals surface area contributed by atoms with Crippen molar-refractivity contribution in [2.75, 3.05) is 5.75 Å². The summed E-state index contributed by atoms with van der Waals surface area (Å²) in [6.07, 6.45) is 1.74. The van der Waals surface area contributed by atoms with Crippen molar-refractivity contribution in [1.29, 1.82) is 0 Å². The minimum Gasteiger partial charge on any atom is -0.368 e. The second kappa shape index (κ2) is 6.54. The number of halogens is 1. The van der Waals surface area contributed by atoms with Crippen molar-refractivity contribution in [1.82, 2.24) is 10.3 Å². The average molecular weight is 332 g/mol. The van der Waals surface area contributed by atoms with Crippen LogP contribution in [0.3, 0.4) is 0 Å². The molecular formula is C12H18BrN3OS. The largest absolute Gasteiger partial charge is 0.368 e. The van der Waals surface area contributed by atoms with Gasteiger partial charge in [0.2, 0.25) is 5.91 Å². The SMILES string of the molecule is CC(C)NC(C)(CSc1ccc(Br)cn1)C(N)=O. The lowest BCUT2D eigenvalue weighted by Crippen LogP contribution is -2.57. The van der Waals surface area contributed by atoms with Crippen LogP contribution in [0.2, 0.25) is 0 Å². The van der Waals surface area contributed by atoms with Gasteiger partial charge in [-0.15, -0.1) is 11.8 Å². The molecule has 3 N–H and O–H groups in total. The van der Waals surface area contributed by atoms with E-state index in [1.807, 2.05) is 32.9 Å². The Balaban J connectivity index is 2.68. The molecule has 1 rings (SSSR count). The van der Waals surface area contributed by atoms with Crippen LogP contribution < -0.4 is 11.1 Å². The number of primary amides is 1. The summed E-state index contributed by atoms with van der Waals surface area (Å²) in [7, 11) is 0. The fourth-order valence-electron chi connectivity index (χ4n) is 1.49. The first kappa shape index (κ1) is 15.5. The fraction of sp³-hybridized carbons (Fsp3) is 0.500. The lowest BCUT2D eigenvalue weighted by molar-refractivity contribution is -0.123. The van der Waals surface area contributed by atoms with Crippen molar-refractivity contribution in [3.05, 3.63) is 22.8 Å². The van der Waals surface area contributed by atoms with E-state index in [0.717, 1.165) is 9.50 Å². The van der Waals surface area contributed by atoms with Gasteiger partial charge < -0.3 is 11.1 Å². The lowest BCUT2D eigenvalue weighted by Gasteiger charge is -2.29. The zero-order chi connectivity index (χ0) is 13.8. The monoisotopic (exact) mass is 331 g/mol. The third-order valence-corrected chi connectivity index (χ3v) is 4.09. The normalized spacial score (nSPS) is 14.5. The summed E-state index contributed by atoms with van der Waals surface area (Å²) in [6.45, 7) is 5.80. The molecule has 0 aromatic carbocycles. The highest BCUT2D eigenvalue weighted by atomic mass is 79.9. The summed E-state index contributed by atoms with van der Waals surface area (Å²) in [4.78, 5) is 15.8. The zero-order valence-corrected chi connectivity index (χ0v) is 13.1. The zero-order valence-electron chi connectivity index (χ0n) is 10.7. The highest BCUT2D eigenvalue weighted by Gasteiger charge is 2.31. The standard InChI is InChI=1S/C12H18BrN3OS/c1-8(2)16-12(3,11(14)17)7-18-10-5-4-9(13)6-15-10/h4-6,8,16H,7H2,1-3H3,(H2,14,17). The molecule has 0 saturated carbocycles. The molecule has 1 heterocycles. The lowest BCUT2D eigenvalue weighted by atomic mass is 10.0. The Morgan fingerprint density at radius 3 is 2.72 bits per heavy atom. The van der Waals surface area contributed by atoms with Crippen LogP contribution in [0.4, 0.5) is 0 Å². The van der Waals surface area contributed by atoms with Crippen LogP contribution in [0, 0.1) is 0 Å². The van der Waals surface area contributed by atoms with Crippen molar-refractivity contribution in [3.8, 4) is 0 Å². The Kier molecular flexibility index (Phi) is 5.62. The van der Waals surface area contributed by atoms with E-state index < -0.39 is 5.54 Å². The second-order valence-corrected chi connectivity index (χ2v) is 6.51. The van der Waals surface area contributed by atoms with Crippen LogP contribution in [-0.2, 0) is 4.79 Å². The van der Waals surface area contributed by atoms with Gasteiger partial charge >= 0.3 is 0 Å². The van der Waals surface area contributed by atoms with E-state index in [1.54, 1.807) is 6.20 Å². The number of nitrogens with zero attached hydrogens (tertiary/aromatic N) is 1. The van der Waals surface area contributed by atoms with E-state index in [-0.39, 0.29) is 11.9 Å². The molecule has 0 spiro atoms. The highest BCUT2D eigenvalue weighted by Crippen LogP contribution is 2.22. The molecule has 0 aliphatic rings. The number of thioether (sulfide) groups is 1. The van der Waals surface area contributed by atoms with Crippen LogP contribution >= 0.6 is 27.7 Å². The Morgan fingerprint density at radius 2 is 2.28 bits per heavy atom. The van der Waals surface area contributed by atoms with E-state index in [4.69, 9.17) is 5.73 Å². The minimum atomic E-state index is -0.729. The van der Waals surface area contributed by atoms with Gasteiger partial charge in [-0.2, -0.15) is 0 Å². The number of carbonyl (C=O) groups excluding carboxylic acids is 1. The van der Waals surface area contributed by atoms with Gasteiger partial charge in [-0.25, -0.2) is 4.98 Å². The number of amides is 1. The van der Waals surface area contributed by atoms with Gasteiger partial charge in [-0.3, -0.25) is 4.79 Å². The number of hydrogen-bond donors (Lipinski definition) is 2. The molecule has 0 aliphatic carbocycles. The predicted molar refractivity (Wildman–Crippen MR) is 78.5 cm³/mol. The van der Waals surface area contributed by atoms with E-state index in [1.165, 1.54) is 11.8 Å². The van der Waals surface area contributed by atoms with Crippen molar-refractivity contribution < 1.29 is 4.79 Å². The van der Waals surface area contributed by atoms with E-state index in [9.17, 15) is 4.79 Å². The molecule has 1 aromatic heterocycles. The van der Waals surface area contributed by atoms with Gasteiger partial charge in [0.05, 0.1) is 5.03 Å². The molecule has 1 unspecified atom stereocenters. The fourth-order valence-corrected chi connectivity index (χ4v) is 2.68. The molecule has 0 saturated heterocycles. The van der Waals surface area contributed by atoms with Crippen LogP contribution in [0.5, 0.6) is 0 Å². The number of rotatable bonds is 6. The molecule has 1 aromatic rings. The minimum absolute atomic E-state index is 0.195. The molecule has 1 amide bonds. The maximum absolute atomic E-state index is 11.6. The van der Waals surface area contributed by atoms with Crippen molar-refractivity contribution >= 4 is 33.6 Å². The van der Waals surface area contributed by atoms with Crippen molar-refractivity contribution in [2.45, 2.75) is 37.4 Å². The van der Waals surface area contributed by atoms with E-state index in [0.29, 0.717) is 5.75 Å². The maximum Gasteiger partial charge on any atom is 0.238 e. The number of pyridine rings is 1. The molecule has 100 valence electrons.